The number of para-hydroxylation sites is 1. The van der Waals surface area contributed by atoms with Gasteiger partial charge in [-0.15, -0.1) is 11.3 Å². The van der Waals surface area contributed by atoms with Crippen LogP contribution in [0.3, 0.4) is 0 Å². The fourth-order valence-electron chi connectivity index (χ4n) is 2.51. The molecule has 0 spiro atoms. The van der Waals surface area contributed by atoms with E-state index in [9.17, 15) is 4.39 Å². The molecule has 0 unspecified atom stereocenters. The summed E-state index contributed by atoms with van der Waals surface area (Å²) in [6.07, 6.45) is 1.84. The molecule has 130 valence electrons. The molecule has 0 amide bonds. The van der Waals surface area contributed by atoms with Crippen LogP contribution in [0.25, 0.3) is 10.4 Å². The van der Waals surface area contributed by atoms with Crippen LogP contribution in [0.5, 0.6) is 11.5 Å². The molecule has 0 fully saturated rings. The summed E-state index contributed by atoms with van der Waals surface area (Å²) in [4.78, 5) is 5.49. The van der Waals surface area contributed by atoms with Crippen molar-refractivity contribution in [1.82, 2.24) is 10.3 Å². The molecule has 1 heterocycles. The van der Waals surface area contributed by atoms with E-state index >= 15 is 0 Å². The molecule has 1 N–H and O–H groups in total. The van der Waals surface area contributed by atoms with Crippen LogP contribution in [0, 0.1) is 5.82 Å². The fraction of sp³-hybridized carbons (Fsp3) is 0.211. The minimum Gasteiger partial charge on any atom is -0.493 e. The summed E-state index contributed by atoms with van der Waals surface area (Å²) in [6.45, 7) is 1.31. The van der Waals surface area contributed by atoms with Gasteiger partial charge < -0.3 is 14.8 Å². The first-order valence-electron chi connectivity index (χ1n) is 7.82. The van der Waals surface area contributed by atoms with Crippen molar-refractivity contribution in [2.45, 2.75) is 13.1 Å². The number of aromatic nitrogens is 1. The largest absolute Gasteiger partial charge is 0.493 e. The third-order valence-corrected chi connectivity index (χ3v) is 4.77. The molecule has 1 aromatic heterocycles. The summed E-state index contributed by atoms with van der Waals surface area (Å²) in [5.74, 6) is 1.18. The normalized spacial score (nSPS) is 10.7. The van der Waals surface area contributed by atoms with Crippen molar-refractivity contribution in [3.63, 3.8) is 0 Å². The summed E-state index contributed by atoms with van der Waals surface area (Å²) in [5.41, 5.74) is 2.00. The number of thiazole rings is 1. The summed E-state index contributed by atoms with van der Waals surface area (Å²) in [5, 5.41) is 4.30. The van der Waals surface area contributed by atoms with E-state index in [4.69, 9.17) is 9.47 Å². The second kappa shape index (κ2) is 8.09. The van der Waals surface area contributed by atoms with Gasteiger partial charge in [-0.25, -0.2) is 9.37 Å². The standard InChI is InChI=1S/C19H19FN2O2S/c1-23-16-5-3-4-15(19(16)24-2)17-11-22-18(25-17)12-21-10-13-6-8-14(20)9-7-13/h3-9,11,21H,10,12H2,1-2H3. The molecule has 0 saturated heterocycles. The molecular weight excluding hydrogens is 339 g/mol. The van der Waals surface area contributed by atoms with Crippen LogP contribution in [0.2, 0.25) is 0 Å². The van der Waals surface area contributed by atoms with Crippen molar-refractivity contribution >= 4 is 11.3 Å². The van der Waals surface area contributed by atoms with Gasteiger partial charge in [0.05, 0.1) is 19.1 Å². The van der Waals surface area contributed by atoms with Crippen molar-refractivity contribution in [3.05, 3.63) is 65.0 Å². The highest BCUT2D eigenvalue weighted by Crippen LogP contribution is 2.39. The highest BCUT2D eigenvalue weighted by molar-refractivity contribution is 7.15. The second-order valence-electron chi connectivity index (χ2n) is 5.39. The number of nitrogens with zero attached hydrogens (tertiary/aromatic N) is 1. The van der Waals surface area contributed by atoms with E-state index in [-0.39, 0.29) is 5.82 Å². The fourth-order valence-corrected chi connectivity index (χ4v) is 3.42. The maximum atomic E-state index is 12.9. The third kappa shape index (κ3) is 4.15. The Morgan fingerprint density at radius 2 is 1.84 bits per heavy atom. The Balaban J connectivity index is 1.67. The summed E-state index contributed by atoms with van der Waals surface area (Å²) < 4.78 is 23.7. The molecular formula is C19H19FN2O2S. The second-order valence-corrected chi connectivity index (χ2v) is 6.50. The first-order valence-corrected chi connectivity index (χ1v) is 8.64. The van der Waals surface area contributed by atoms with Crippen LogP contribution >= 0.6 is 11.3 Å². The Kier molecular flexibility index (Phi) is 5.63. The van der Waals surface area contributed by atoms with Crippen LogP contribution in [-0.2, 0) is 13.1 Å². The van der Waals surface area contributed by atoms with E-state index < -0.39 is 0 Å². The monoisotopic (exact) mass is 358 g/mol. The molecule has 3 aromatic rings. The van der Waals surface area contributed by atoms with E-state index in [0.29, 0.717) is 24.6 Å². The van der Waals surface area contributed by atoms with Crippen molar-refractivity contribution in [1.29, 1.82) is 0 Å². The highest BCUT2D eigenvalue weighted by Gasteiger charge is 2.13. The number of ether oxygens (including phenoxy) is 2. The van der Waals surface area contributed by atoms with Crippen molar-refractivity contribution in [2.75, 3.05) is 14.2 Å². The molecule has 25 heavy (non-hydrogen) atoms. The first kappa shape index (κ1) is 17.4. The molecule has 0 atom stereocenters. The number of methoxy groups -OCH3 is 2. The van der Waals surface area contributed by atoms with E-state index in [0.717, 1.165) is 21.0 Å². The van der Waals surface area contributed by atoms with Crippen LogP contribution in [-0.4, -0.2) is 19.2 Å². The molecule has 0 saturated carbocycles. The highest BCUT2D eigenvalue weighted by atomic mass is 32.1. The quantitative estimate of drug-likeness (QED) is 0.685. The SMILES string of the molecule is COc1cccc(-c2cnc(CNCc3ccc(F)cc3)s2)c1OC. The van der Waals surface area contributed by atoms with Crippen LogP contribution in [0.4, 0.5) is 4.39 Å². The zero-order valence-electron chi connectivity index (χ0n) is 14.1. The van der Waals surface area contributed by atoms with Crippen LogP contribution < -0.4 is 14.8 Å². The smallest absolute Gasteiger partial charge is 0.169 e. The van der Waals surface area contributed by atoms with Gasteiger partial charge in [-0.3, -0.25) is 0 Å². The topological polar surface area (TPSA) is 43.4 Å². The predicted octanol–water partition coefficient (Wildman–Crippen LogP) is 4.26. The van der Waals surface area contributed by atoms with Crippen molar-refractivity contribution in [2.24, 2.45) is 0 Å². The van der Waals surface area contributed by atoms with Crippen molar-refractivity contribution < 1.29 is 13.9 Å². The lowest BCUT2D eigenvalue weighted by atomic mass is 10.1. The van der Waals surface area contributed by atoms with Gasteiger partial charge in [0.2, 0.25) is 0 Å². The lowest BCUT2D eigenvalue weighted by molar-refractivity contribution is 0.356. The molecule has 0 aliphatic carbocycles. The summed E-state index contributed by atoms with van der Waals surface area (Å²) in [6, 6.07) is 12.3. The van der Waals surface area contributed by atoms with E-state index in [2.05, 4.69) is 10.3 Å². The molecule has 0 bridgehead atoms. The maximum absolute atomic E-state index is 12.9. The van der Waals surface area contributed by atoms with E-state index in [1.54, 1.807) is 37.7 Å². The zero-order valence-corrected chi connectivity index (χ0v) is 14.9. The molecule has 4 nitrogen and oxygen atoms in total. The first-order chi connectivity index (χ1) is 12.2. The maximum Gasteiger partial charge on any atom is 0.169 e. The number of halogens is 1. The van der Waals surface area contributed by atoms with Crippen LogP contribution in [0.15, 0.2) is 48.7 Å². The van der Waals surface area contributed by atoms with E-state index in [1.807, 2.05) is 24.4 Å². The Morgan fingerprint density at radius 3 is 2.56 bits per heavy atom. The molecule has 0 aliphatic heterocycles. The summed E-state index contributed by atoms with van der Waals surface area (Å²) in [7, 11) is 3.26. The van der Waals surface area contributed by atoms with Gasteiger partial charge in [0.25, 0.3) is 0 Å². The number of nitrogens with one attached hydrogen (secondary N) is 1. The third-order valence-electron chi connectivity index (χ3n) is 3.74. The van der Waals surface area contributed by atoms with Crippen molar-refractivity contribution in [3.8, 4) is 21.9 Å². The Labute approximate surface area is 150 Å². The van der Waals surface area contributed by atoms with Crippen LogP contribution in [0.1, 0.15) is 10.6 Å². The van der Waals surface area contributed by atoms with Gasteiger partial charge in [0.15, 0.2) is 11.5 Å². The molecule has 3 rings (SSSR count). The van der Waals surface area contributed by atoms with Gasteiger partial charge in [0, 0.05) is 24.8 Å². The van der Waals surface area contributed by atoms with Gasteiger partial charge in [-0.1, -0.05) is 18.2 Å². The minimum atomic E-state index is -0.222. The molecule has 0 aliphatic rings. The van der Waals surface area contributed by atoms with Gasteiger partial charge in [-0.05, 0) is 29.8 Å². The Hall–Kier alpha value is -2.44. The lowest BCUT2D eigenvalue weighted by Crippen LogP contribution is -2.12. The number of rotatable bonds is 7. The number of hydrogen-bond donors (Lipinski definition) is 1. The van der Waals surface area contributed by atoms with E-state index in [1.165, 1.54) is 12.1 Å². The average molecular weight is 358 g/mol. The molecule has 2 aromatic carbocycles. The molecule has 6 heteroatoms. The zero-order chi connectivity index (χ0) is 17.6. The average Bonchev–Trinajstić information content (AvgIpc) is 3.11. The minimum absolute atomic E-state index is 0.222. The van der Waals surface area contributed by atoms with Gasteiger partial charge in [-0.2, -0.15) is 0 Å². The van der Waals surface area contributed by atoms with Gasteiger partial charge >= 0.3 is 0 Å². The Bertz CT molecular complexity index is 834. The lowest BCUT2D eigenvalue weighted by Gasteiger charge is -2.10. The Morgan fingerprint density at radius 1 is 1.04 bits per heavy atom. The predicted molar refractivity (Wildman–Crippen MR) is 97.6 cm³/mol. The van der Waals surface area contributed by atoms with Gasteiger partial charge in [0.1, 0.15) is 10.8 Å². The number of benzene rings is 2. The summed E-state index contributed by atoms with van der Waals surface area (Å²) >= 11 is 1.60. The molecule has 0 radical (unpaired) electrons. The number of hydrogen-bond acceptors (Lipinski definition) is 5.